The van der Waals surface area contributed by atoms with E-state index < -0.39 is 5.51 Å². The Balaban J connectivity index is 3.90. The molecule has 0 aromatic heterocycles. The Kier molecular flexibility index (Phi) is 7.56. The number of halogens is 3. The predicted octanol–water partition coefficient (Wildman–Crippen LogP) is 4.43. The highest BCUT2D eigenvalue weighted by molar-refractivity contribution is 8.00. The van der Waals surface area contributed by atoms with Crippen LogP contribution in [0.4, 0.5) is 13.2 Å². The molecule has 0 fully saturated rings. The van der Waals surface area contributed by atoms with Crippen molar-refractivity contribution in [2.24, 2.45) is 5.92 Å². The van der Waals surface area contributed by atoms with Crippen LogP contribution in [0, 0.1) is 5.92 Å². The molecule has 0 aliphatic rings. The monoisotopic (exact) mass is 271 g/mol. The van der Waals surface area contributed by atoms with Crippen LogP contribution in [0.1, 0.15) is 47.0 Å². The largest absolute Gasteiger partial charge is 0.441 e. The van der Waals surface area contributed by atoms with Crippen LogP contribution in [0.5, 0.6) is 0 Å². The lowest BCUT2D eigenvalue weighted by Crippen LogP contribution is -2.39. The third kappa shape index (κ3) is 12.3. The molecule has 0 heterocycles. The molecule has 104 valence electrons. The van der Waals surface area contributed by atoms with Gasteiger partial charge in [-0.2, -0.15) is 13.2 Å². The molecule has 0 spiro atoms. The Morgan fingerprint density at radius 3 is 2.12 bits per heavy atom. The quantitative estimate of drug-likeness (QED) is 0.735. The molecule has 1 unspecified atom stereocenters. The van der Waals surface area contributed by atoms with Gasteiger partial charge in [0.25, 0.3) is 0 Å². The summed E-state index contributed by atoms with van der Waals surface area (Å²) in [5.74, 6) is 0.508. The molecule has 5 heteroatoms. The molecule has 0 bridgehead atoms. The minimum absolute atomic E-state index is 0.0309. The van der Waals surface area contributed by atoms with Crippen molar-refractivity contribution in [3.63, 3.8) is 0 Å². The molecule has 0 aromatic rings. The summed E-state index contributed by atoms with van der Waals surface area (Å²) in [5.41, 5.74) is -4.06. The molecular formula is C12H24F3NS. The highest BCUT2D eigenvalue weighted by atomic mass is 32.2. The van der Waals surface area contributed by atoms with Gasteiger partial charge in [-0.05, 0) is 46.1 Å². The van der Waals surface area contributed by atoms with Crippen LogP contribution in [0.15, 0.2) is 0 Å². The van der Waals surface area contributed by atoms with Crippen LogP contribution in [-0.4, -0.2) is 23.3 Å². The van der Waals surface area contributed by atoms with Gasteiger partial charge in [0.1, 0.15) is 0 Å². The average Bonchev–Trinajstić information content (AvgIpc) is 2.11. The predicted molar refractivity (Wildman–Crippen MR) is 69.3 cm³/mol. The van der Waals surface area contributed by atoms with E-state index in [9.17, 15) is 13.2 Å². The molecule has 0 saturated carbocycles. The van der Waals surface area contributed by atoms with E-state index in [4.69, 9.17) is 0 Å². The number of rotatable bonds is 7. The number of hydrogen-bond donors (Lipinski definition) is 1. The highest BCUT2D eigenvalue weighted by Gasteiger charge is 2.28. The second-order valence-corrected chi connectivity index (χ2v) is 6.53. The van der Waals surface area contributed by atoms with Gasteiger partial charge in [0, 0.05) is 11.3 Å². The van der Waals surface area contributed by atoms with Crippen molar-refractivity contribution in [2.75, 3.05) is 12.3 Å². The lowest BCUT2D eigenvalue weighted by atomic mass is 9.99. The van der Waals surface area contributed by atoms with Gasteiger partial charge in [-0.25, -0.2) is 0 Å². The summed E-state index contributed by atoms with van der Waals surface area (Å²) in [5, 5.41) is 3.36. The molecule has 0 aliphatic carbocycles. The first-order valence-corrected chi connectivity index (χ1v) is 7.08. The SMILES string of the molecule is CCCC(CCSC(F)(F)F)CNC(C)(C)C. The van der Waals surface area contributed by atoms with Gasteiger partial charge in [0.2, 0.25) is 0 Å². The molecule has 1 N–H and O–H groups in total. The standard InChI is InChI=1S/C12H24F3NS/c1-5-6-10(9-16-11(2,3)4)7-8-17-12(13,14)15/h10,16H,5-9H2,1-4H3. The summed E-state index contributed by atoms with van der Waals surface area (Å²) >= 11 is 0.0933. The van der Waals surface area contributed by atoms with E-state index in [1.807, 2.05) is 0 Å². The molecule has 0 amide bonds. The Labute approximate surface area is 107 Å². The van der Waals surface area contributed by atoms with Gasteiger partial charge in [-0.3, -0.25) is 0 Å². The van der Waals surface area contributed by atoms with Crippen LogP contribution < -0.4 is 5.32 Å². The van der Waals surface area contributed by atoms with Crippen LogP contribution in [0.25, 0.3) is 0 Å². The lowest BCUT2D eigenvalue weighted by molar-refractivity contribution is -0.0328. The number of thioether (sulfide) groups is 1. The fraction of sp³-hybridized carbons (Fsp3) is 1.00. The van der Waals surface area contributed by atoms with Crippen LogP contribution >= 0.6 is 11.8 Å². The average molecular weight is 271 g/mol. The van der Waals surface area contributed by atoms with Crippen LogP contribution in [-0.2, 0) is 0 Å². The van der Waals surface area contributed by atoms with E-state index in [1.165, 1.54) is 0 Å². The first-order chi connectivity index (χ1) is 7.64. The van der Waals surface area contributed by atoms with E-state index in [0.717, 1.165) is 19.4 Å². The summed E-state index contributed by atoms with van der Waals surface area (Å²) < 4.78 is 36.0. The van der Waals surface area contributed by atoms with E-state index in [0.29, 0.717) is 12.3 Å². The molecule has 1 atom stereocenters. The molecule has 0 saturated heterocycles. The number of alkyl halides is 3. The molecule has 1 nitrogen and oxygen atoms in total. The zero-order valence-corrected chi connectivity index (χ0v) is 12.0. The minimum Gasteiger partial charge on any atom is -0.312 e. The zero-order chi connectivity index (χ0) is 13.5. The van der Waals surface area contributed by atoms with E-state index in [-0.39, 0.29) is 23.1 Å². The smallest absolute Gasteiger partial charge is 0.312 e. The second-order valence-electron chi connectivity index (χ2n) is 5.37. The zero-order valence-electron chi connectivity index (χ0n) is 11.2. The van der Waals surface area contributed by atoms with Crippen molar-refractivity contribution in [1.82, 2.24) is 5.32 Å². The lowest BCUT2D eigenvalue weighted by Gasteiger charge is -2.25. The second kappa shape index (κ2) is 7.52. The van der Waals surface area contributed by atoms with Gasteiger partial charge in [-0.1, -0.05) is 25.1 Å². The van der Waals surface area contributed by atoms with E-state index in [2.05, 4.69) is 33.0 Å². The Morgan fingerprint density at radius 2 is 1.71 bits per heavy atom. The Morgan fingerprint density at radius 1 is 1.12 bits per heavy atom. The van der Waals surface area contributed by atoms with Crippen molar-refractivity contribution in [3.8, 4) is 0 Å². The van der Waals surface area contributed by atoms with Gasteiger partial charge < -0.3 is 5.32 Å². The maximum absolute atomic E-state index is 12.0. The molecule has 17 heavy (non-hydrogen) atoms. The molecule has 0 aromatic carbocycles. The molecular weight excluding hydrogens is 247 g/mol. The highest BCUT2D eigenvalue weighted by Crippen LogP contribution is 2.31. The topological polar surface area (TPSA) is 12.0 Å². The normalized spacial score (nSPS) is 15.0. The first kappa shape index (κ1) is 17.1. The van der Waals surface area contributed by atoms with Crippen molar-refractivity contribution < 1.29 is 13.2 Å². The summed E-state index contributed by atoms with van der Waals surface area (Å²) in [6.45, 7) is 9.08. The fourth-order valence-corrected chi connectivity index (χ4v) is 2.23. The fourth-order valence-electron chi connectivity index (χ4n) is 1.55. The molecule has 0 radical (unpaired) electrons. The van der Waals surface area contributed by atoms with Crippen molar-refractivity contribution >= 4 is 11.8 Å². The van der Waals surface area contributed by atoms with Gasteiger partial charge in [-0.15, -0.1) is 0 Å². The maximum Gasteiger partial charge on any atom is 0.441 e. The summed E-state index contributed by atoms with van der Waals surface area (Å²) in [6, 6.07) is 0. The minimum atomic E-state index is -4.09. The maximum atomic E-state index is 12.0. The molecule has 0 aliphatic heterocycles. The Bertz CT molecular complexity index is 199. The van der Waals surface area contributed by atoms with Crippen molar-refractivity contribution in [3.05, 3.63) is 0 Å². The van der Waals surface area contributed by atoms with Gasteiger partial charge in [0.05, 0.1) is 0 Å². The van der Waals surface area contributed by atoms with Crippen LogP contribution in [0.2, 0.25) is 0 Å². The third-order valence-electron chi connectivity index (χ3n) is 2.41. The van der Waals surface area contributed by atoms with Crippen LogP contribution in [0.3, 0.4) is 0 Å². The number of nitrogens with one attached hydrogen (secondary N) is 1. The summed E-state index contributed by atoms with van der Waals surface area (Å²) in [7, 11) is 0. The van der Waals surface area contributed by atoms with Crippen molar-refractivity contribution in [1.29, 1.82) is 0 Å². The third-order valence-corrected chi connectivity index (χ3v) is 3.18. The van der Waals surface area contributed by atoms with E-state index in [1.54, 1.807) is 0 Å². The molecule has 0 rings (SSSR count). The van der Waals surface area contributed by atoms with Gasteiger partial charge in [0.15, 0.2) is 0 Å². The van der Waals surface area contributed by atoms with Crippen molar-refractivity contribution in [2.45, 2.75) is 58.0 Å². The Hall–Kier alpha value is 0.1000. The summed E-state index contributed by atoms with van der Waals surface area (Å²) in [4.78, 5) is 0. The first-order valence-electron chi connectivity index (χ1n) is 6.10. The summed E-state index contributed by atoms with van der Waals surface area (Å²) in [6.07, 6.45) is 2.63. The number of hydrogen-bond acceptors (Lipinski definition) is 2. The van der Waals surface area contributed by atoms with E-state index >= 15 is 0 Å². The van der Waals surface area contributed by atoms with Gasteiger partial charge >= 0.3 is 5.51 Å².